The average Bonchev–Trinajstić information content (AvgIpc) is 3.72. The van der Waals surface area contributed by atoms with Crippen LogP contribution in [0.4, 0.5) is 15.8 Å². The molecule has 4 heteroatoms. The summed E-state index contributed by atoms with van der Waals surface area (Å²) in [7, 11) is 0. The number of anilines is 2. The highest BCUT2D eigenvalue weighted by Gasteiger charge is 2.28. The van der Waals surface area contributed by atoms with Crippen LogP contribution >= 0.6 is 0 Å². The molecule has 2 heterocycles. The van der Waals surface area contributed by atoms with Crippen molar-refractivity contribution in [3.05, 3.63) is 154 Å². The molecule has 0 amide bonds. The summed E-state index contributed by atoms with van der Waals surface area (Å²) < 4.78 is 22.9. The Labute approximate surface area is 292 Å². The van der Waals surface area contributed by atoms with Gasteiger partial charge in [-0.3, -0.25) is 0 Å². The van der Waals surface area contributed by atoms with Crippen LogP contribution in [0.15, 0.2) is 108 Å². The molecule has 246 valence electrons. The molecule has 3 nitrogen and oxygen atoms in total. The van der Waals surface area contributed by atoms with Gasteiger partial charge in [0.25, 0.3) is 0 Å². The first kappa shape index (κ1) is 29.6. The normalized spacial score (nSPS) is 18.9. The highest BCUT2D eigenvalue weighted by atomic mass is 19.1. The van der Waals surface area contributed by atoms with Crippen molar-refractivity contribution in [1.29, 1.82) is 0 Å². The molecule has 0 N–H and O–H groups in total. The van der Waals surface area contributed by atoms with Gasteiger partial charge in [0, 0.05) is 63.6 Å². The van der Waals surface area contributed by atoms with Gasteiger partial charge in [-0.25, -0.2) is 4.39 Å². The number of alkyl halides is 1. The van der Waals surface area contributed by atoms with Gasteiger partial charge in [-0.15, -0.1) is 0 Å². The standard InChI is InChI=1S/C46H39FN2O/c47-33-22-26-35(27-23-33)48-41-14-5-3-12-37(41)39-29-32(21-28-42(39)48)30-19-24-34(25-20-30)49(40-15-7-10-31-9-1-2-11-36(31)40)43-16-8-18-45-46(43)38-13-4-6-17-44(38)50-45/h1-4,8-9,11-13,15-16,18-20,22,24-27,29,33H,5-7,10,14,17,21,23,28H2. The molecule has 50 heavy (non-hydrogen) atoms. The Morgan fingerprint density at radius 2 is 1.56 bits per heavy atom. The van der Waals surface area contributed by atoms with Gasteiger partial charge in [-0.2, -0.15) is 0 Å². The van der Waals surface area contributed by atoms with Crippen LogP contribution in [0.3, 0.4) is 0 Å². The van der Waals surface area contributed by atoms with E-state index >= 15 is 0 Å². The molecule has 0 spiro atoms. The van der Waals surface area contributed by atoms with Crippen molar-refractivity contribution < 1.29 is 8.81 Å². The number of aromatic nitrogens is 1. The molecule has 0 saturated carbocycles. The van der Waals surface area contributed by atoms with Crippen molar-refractivity contribution in [2.24, 2.45) is 0 Å². The Bertz CT molecular complexity index is 2370. The highest BCUT2D eigenvalue weighted by molar-refractivity contribution is 6.05. The monoisotopic (exact) mass is 654 g/mol. The van der Waals surface area contributed by atoms with Gasteiger partial charge in [0.2, 0.25) is 0 Å². The Hall–Kier alpha value is -5.35. The number of furan rings is 1. The minimum atomic E-state index is -0.884. The smallest absolute Gasteiger partial charge is 0.137 e. The molecule has 2 aromatic heterocycles. The average molecular weight is 655 g/mol. The fraction of sp³-hybridized carbons (Fsp3) is 0.217. The fourth-order valence-corrected chi connectivity index (χ4v) is 8.84. The third-order valence-corrected chi connectivity index (χ3v) is 11.2. The number of benzene rings is 3. The molecular formula is C46H39FN2O. The lowest BCUT2D eigenvalue weighted by Gasteiger charge is -2.32. The number of nitrogens with zero attached hydrogens (tertiary/aromatic N) is 2. The maximum Gasteiger partial charge on any atom is 0.137 e. The number of halogens is 1. The lowest BCUT2D eigenvalue weighted by atomic mass is 9.89. The van der Waals surface area contributed by atoms with Crippen molar-refractivity contribution in [2.45, 2.75) is 64.0 Å². The zero-order valence-electron chi connectivity index (χ0n) is 28.2. The Morgan fingerprint density at radius 1 is 0.720 bits per heavy atom. The van der Waals surface area contributed by atoms with Gasteiger partial charge in [-0.05, 0) is 104 Å². The third kappa shape index (κ3) is 4.76. The van der Waals surface area contributed by atoms with Gasteiger partial charge >= 0.3 is 0 Å². The van der Waals surface area contributed by atoms with E-state index in [9.17, 15) is 4.39 Å². The summed E-state index contributed by atoms with van der Waals surface area (Å²) in [6, 6.07) is 24.6. The van der Waals surface area contributed by atoms with Crippen LogP contribution in [0.2, 0.25) is 0 Å². The predicted octanol–water partition coefficient (Wildman–Crippen LogP) is 11.9. The minimum absolute atomic E-state index is 0.449. The van der Waals surface area contributed by atoms with Crippen molar-refractivity contribution in [1.82, 2.24) is 4.57 Å². The molecule has 0 fully saturated rings. The van der Waals surface area contributed by atoms with E-state index < -0.39 is 6.17 Å². The molecule has 10 rings (SSSR count). The third-order valence-electron chi connectivity index (χ3n) is 11.2. The molecule has 0 aliphatic heterocycles. The molecule has 5 aromatic rings. The van der Waals surface area contributed by atoms with Crippen molar-refractivity contribution in [3.63, 3.8) is 0 Å². The van der Waals surface area contributed by atoms with E-state index in [0.717, 1.165) is 79.8 Å². The Balaban J connectivity index is 1.08. The number of allylic oxidation sites excluding steroid dienone is 8. The quantitative estimate of drug-likeness (QED) is 0.188. The van der Waals surface area contributed by atoms with Gasteiger partial charge in [0.1, 0.15) is 17.5 Å². The molecule has 1 atom stereocenters. The van der Waals surface area contributed by atoms with Crippen molar-refractivity contribution in [2.75, 3.05) is 4.90 Å². The van der Waals surface area contributed by atoms with Crippen LogP contribution in [0, 0.1) is 0 Å². The molecule has 5 aliphatic carbocycles. The first-order valence-corrected chi connectivity index (χ1v) is 18.3. The van der Waals surface area contributed by atoms with Crippen LogP contribution in [0.5, 0.6) is 0 Å². The summed E-state index contributed by atoms with van der Waals surface area (Å²) in [6.45, 7) is 0. The van der Waals surface area contributed by atoms with E-state index in [1.807, 2.05) is 6.08 Å². The summed E-state index contributed by atoms with van der Waals surface area (Å²) in [5.41, 5.74) is 17.5. The lowest BCUT2D eigenvalue weighted by molar-refractivity contribution is 0.401. The van der Waals surface area contributed by atoms with E-state index in [0.29, 0.717) is 6.42 Å². The lowest BCUT2D eigenvalue weighted by Crippen LogP contribution is -2.19. The van der Waals surface area contributed by atoms with Gasteiger partial charge in [-0.1, -0.05) is 78.9 Å². The first-order valence-electron chi connectivity index (χ1n) is 18.3. The fourth-order valence-electron chi connectivity index (χ4n) is 8.84. The number of hydrogen-bond donors (Lipinski definition) is 0. The van der Waals surface area contributed by atoms with E-state index in [2.05, 4.69) is 119 Å². The van der Waals surface area contributed by atoms with Gasteiger partial charge in [0.15, 0.2) is 0 Å². The maximum atomic E-state index is 14.0. The van der Waals surface area contributed by atoms with E-state index in [4.69, 9.17) is 4.42 Å². The van der Waals surface area contributed by atoms with E-state index in [-0.39, 0.29) is 0 Å². The number of aryl methyl sites for hydroxylation is 2. The SMILES string of the molecule is FC1C=CC(n2c3c(c4c2CCC(c2ccc(N(C5=CCCc6ccccc65)c5cccc6oc7c(c56)C=CCC7)cc2)=C4)C=CCC3)=CC1. The predicted molar refractivity (Wildman–Crippen MR) is 206 cm³/mol. The molecule has 0 radical (unpaired) electrons. The highest BCUT2D eigenvalue weighted by Crippen LogP contribution is 2.46. The largest absolute Gasteiger partial charge is 0.460 e. The molecule has 0 bridgehead atoms. The molecule has 3 aromatic carbocycles. The Kier molecular flexibility index (Phi) is 7.04. The number of hydrogen-bond acceptors (Lipinski definition) is 2. The molecule has 1 unspecified atom stereocenters. The maximum absolute atomic E-state index is 14.0. The summed E-state index contributed by atoms with van der Waals surface area (Å²) in [5.74, 6) is 1.08. The van der Waals surface area contributed by atoms with Gasteiger partial charge < -0.3 is 13.9 Å². The van der Waals surface area contributed by atoms with Crippen LogP contribution in [0.25, 0.3) is 46.2 Å². The molecule has 0 saturated heterocycles. The van der Waals surface area contributed by atoms with Crippen LogP contribution < -0.4 is 4.90 Å². The van der Waals surface area contributed by atoms with Crippen molar-refractivity contribution >= 4 is 57.5 Å². The summed E-state index contributed by atoms with van der Waals surface area (Å²) in [4.78, 5) is 2.46. The summed E-state index contributed by atoms with van der Waals surface area (Å²) in [5, 5.41) is 1.18. The number of rotatable bonds is 5. The molecule has 5 aliphatic rings. The van der Waals surface area contributed by atoms with Crippen LogP contribution in [-0.2, 0) is 25.7 Å². The zero-order chi connectivity index (χ0) is 33.2. The Morgan fingerprint density at radius 3 is 2.44 bits per heavy atom. The van der Waals surface area contributed by atoms with E-state index in [1.165, 1.54) is 61.4 Å². The van der Waals surface area contributed by atoms with Crippen molar-refractivity contribution in [3.8, 4) is 0 Å². The number of fused-ring (bicyclic) bond motifs is 7. The van der Waals surface area contributed by atoms with Crippen LogP contribution in [-0.4, -0.2) is 10.7 Å². The molecular weight excluding hydrogens is 616 g/mol. The summed E-state index contributed by atoms with van der Waals surface area (Å²) in [6.07, 6.45) is 27.3. The van der Waals surface area contributed by atoms with E-state index in [1.54, 1.807) is 6.08 Å². The van der Waals surface area contributed by atoms with Crippen LogP contribution in [0.1, 0.15) is 82.6 Å². The zero-order valence-corrected chi connectivity index (χ0v) is 28.2. The van der Waals surface area contributed by atoms with Gasteiger partial charge in [0.05, 0.1) is 11.1 Å². The second-order valence-corrected chi connectivity index (χ2v) is 14.1. The topological polar surface area (TPSA) is 21.3 Å². The minimum Gasteiger partial charge on any atom is -0.460 e. The second-order valence-electron chi connectivity index (χ2n) is 14.1. The summed E-state index contributed by atoms with van der Waals surface area (Å²) >= 11 is 0. The second kappa shape index (κ2) is 11.9. The first-order chi connectivity index (χ1) is 24.7.